The van der Waals surface area contributed by atoms with Crippen LogP contribution in [0.3, 0.4) is 0 Å². The summed E-state index contributed by atoms with van der Waals surface area (Å²) >= 11 is 0. The summed E-state index contributed by atoms with van der Waals surface area (Å²) < 4.78 is 10.7. The maximum Gasteiger partial charge on any atom is 0.370 e. The molecule has 1 fully saturated rings. The molecule has 43 heavy (non-hydrogen) atoms. The predicted molar refractivity (Wildman–Crippen MR) is 152 cm³/mol. The van der Waals surface area contributed by atoms with Gasteiger partial charge in [-0.15, -0.1) is 0 Å². The lowest BCUT2D eigenvalue weighted by molar-refractivity contribution is -0.149. The number of rotatable bonds is 10. The van der Waals surface area contributed by atoms with Crippen molar-refractivity contribution in [2.75, 3.05) is 13.1 Å². The van der Waals surface area contributed by atoms with E-state index in [0.717, 1.165) is 18.9 Å². The number of hydrogen-bond acceptors (Lipinski definition) is 11. The first-order chi connectivity index (χ1) is 19.8. The van der Waals surface area contributed by atoms with Gasteiger partial charge in [-0.25, -0.2) is 4.79 Å². The molecule has 9 N–H and O–H groups in total. The van der Waals surface area contributed by atoms with Gasteiger partial charge in [0.2, 0.25) is 17.6 Å². The van der Waals surface area contributed by atoms with E-state index in [1.165, 1.54) is 0 Å². The lowest BCUT2D eigenvalue weighted by atomic mass is 9.89. The fraction of sp³-hybridized carbons (Fsp3) is 0.759. The van der Waals surface area contributed by atoms with Gasteiger partial charge in [-0.3, -0.25) is 9.59 Å². The van der Waals surface area contributed by atoms with Gasteiger partial charge in [-0.1, -0.05) is 34.6 Å². The van der Waals surface area contributed by atoms with Crippen LogP contribution in [0.5, 0.6) is 0 Å². The summed E-state index contributed by atoms with van der Waals surface area (Å²) in [5.74, 6) is -2.67. The van der Waals surface area contributed by atoms with Gasteiger partial charge in [-0.2, -0.15) is 0 Å². The highest BCUT2D eigenvalue weighted by atomic mass is 16.5. The number of aliphatic hydroxyl groups is 6. The summed E-state index contributed by atoms with van der Waals surface area (Å²) in [5.41, 5.74) is -0.561. The number of carbonyl (C=O) groups is 3. The van der Waals surface area contributed by atoms with Crippen molar-refractivity contribution in [1.29, 1.82) is 0 Å². The van der Waals surface area contributed by atoms with Crippen molar-refractivity contribution >= 4 is 17.8 Å². The molecule has 0 aromatic heterocycles. The van der Waals surface area contributed by atoms with E-state index < -0.39 is 71.9 Å². The van der Waals surface area contributed by atoms with Crippen LogP contribution in [0.1, 0.15) is 54.4 Å². The lowest BCUT2D eigenvalue weighted by Gasteiger charge is -2.37. The van der Waals surface area contributed by atoms with E-state index in [4.69, 9.17) is 14.6 Å². The van der Waals surface area contributed by atoms with Crippen LogP contribution < -0.4 is 10.6 Å². The Morgan fingerprint density at radius 2 is 1.33 bits per heavy atom. The highest BCUT2D eigenvalue weighted by Gasteiger charge is 2.41. The predicted octanol–water partition coefficient (Wildman–Crippen LogP) is -1.23. The highest BCUT2D eigenvalue weighted by Crippen LogP contribution is 2.30. The molecule has 0 radical (unpaired) electrons. The van der Waals surface area contributed by atoms with Crippen LogP contribution in [-0.2, 0) is 23.9 Å². The van der Waals surface area contributed by atoms with Gasteiger partial charge < -0.3 is 55.9 Å². The summed E-state index contributed by atoms with van der Waals surface area (Å²) in [6.45, 7) is 10.1. The third kappa shape index (κ3) is 10.4. The molecule has 1 aliphatic carbocycles. The Labute approximate surface area is 251 Å². The molecular formula is C29H48N2O12. The Kier molecular flexibility index (Phi) is 13.0. The van der Waals surface area contributed by atoms with E-state index in [9.17, 15) is 45.0 Å². The number of ether oxygens (including phenoxy) is 2. The largest absolute Gasteiger partial charge is 0.492 e. The van der Waals surface area contributed by atoms with Crippen LogP contribution >= 0.6 is 0 Å². The minimum atomic E-state index is -1.44. The standard InChI is InChI=1S/C15H27NO5.C14H21NO7/c1-8-6-10(17)9(2)13(21-8)12(19)11(18)7-16-14(20)15(3,4)5;1-6-8(16)4-10(14(20)21)22-12(6)11(18)9(17)5-15-13(19)7-2-3-7/h6,9-13,17-19H,7H2,1-5H3,(H,16,20);4,6-9,11-12,16-18H,2-3,5H2,1H3,(H,15,19)(H,20,21)/t9-,10?,11+,12+,13?;6-,8?,9+,11+,12?/m11/s1. The van der Waals surface area contributed by atoms with Crippen LogP contribution in [0.4, 0.5) is 0 Å². The number of carboxylic acids is 1. The number of nitrogens with one attached hydrogen (secondary N) is 2. The van der Waals surface area contributed by atoms with Gasteiger partial charge >= 0.3 is 5.97 Å². The van der Waals surface area contributed by atoms with Crippen LogP contribution in [0, 0.1) is 23.2 Å². The number of hydrogen-bond donors (Lipinski definition) is 9. The molecule has 0 saturated heterocycles. The smallest absolute Gasteiger partial charge is 0.370 e. The lowest BCUT2D eigenvalue weighted by Crippen LogP contribution is -2.51. The third-order valence-electron chi connectivity index (χ3n) is 7.69. The molecule has 3 rings (SSSR count). The van der Waals surface area contributed by atoms with E-state index in [1.54, 1.807) is 47.6 Å². The molecule has 14 heteroatoms. The maximum absolute atomic E-state index is 11.8. The zero-order chi connectivity index (χ0) is 32.8. The van der Waals surface area contributed by atoms with Crippen molar-refractivity contribution in [3.63, 3.8) is 0 Å². The Bertz CT molecular complexity index is 1040. The summed E-state index contributed by atoms with van der Waals surface area (Å²) in [6, 6.07) is 0. The SMILES string of the molecule is CC1=CC(O)[C@@H](C)C([C@@H](O)[C@@H](O)CNC(=O)C(C)(C)C)O1.C[C@@H]1C(O)C=C(C(=O)O)OC1[C@@H](O)[C@@H](O)CNC(=O)C1CC1. The first-order valence-electron chi connectivity index (χ1n) is 14.5. The van der Waals surface area contributed by atoms with Gasteiger partial charge in [0.05, 0.1) is 18.0 Å². The number of aliphatic carboxylic acids is 1. The molecule has 0 spiro atoms. The molecule has 4 unspecified atom stereocenters. The molecule has 1 saturated carbocycles. The minimum Gasteiger partial charge on any atom is -0.492 e. The van der Waals surface area contributed by atoms with E-state index in [2.05, 4.69) is 10.6 Å². The fourth-order valence-electron chi connectivity index (χ4n) is 4.46. The van der Waals surface area contributed by atoms with Crippen molar-refractivity contribution in [1.82, 2.24) is 10.6 Å². The van der Waals surface area contributed by atoms with E-state index in [1.807, 2.05) is 0 Å². The summed E-state index contributed by atoms with van der Waals surface area (Å²) in [4.78, 5) is 34.2. The third-order valence-corrected chi connectivity index (χ3v) is 7.69. The summed E-state index contributed by atoms with van der Waals surface area (Å²) in [6.07, 6.45) is -4.48. The van der Waals surface area contributed by atoms with E-state index >= 15 is 0 Å². The van der Waals surface area contributed by atoms with Crippen LogP contribution in [0.15, 0.2) is 23.7 Å². The van der Waals surface area contributed by atoms with Gasteiger partial charge in [0.15, 0.2) is 0 Å². The fourth-order valence-corrected chi connectivity index (χ4v) is 4.46. The zero-order valence-corrected chi connectivity index (χ0v) is 25.5. The number of carboxylic acid groups (broad SMARTS) is 1. The summed E-state index contributed by atoms with van der Waals surface area (Å²) in [7, 11) is 0. The quantitative estimate of drug-likeness (QED) is 0.140. The second-order valence-corrected chi connectivity index (χ2v) is 12.6. The molecule has 3 aliphatic rings. The topological polar surface area (TPSA) is 235 Å². The van der Waals surface area contributed by atoms with Crippen molar-refractivity contribution in [3.8, 4) is 0 Å². The number of allylic oxidation sites excluding steroid dienone is 1. The average molecular weight is 617 g/mol. The van der Waals surface area contributed by atoms with E-state index in [-0.39, 0.29) is 36.7 Å². The van der Waals surface area contributed by atoms with Gasteiger partial charge in [-0.05, 0) is 31.9 Å². The van der Waals surface area contributed by atoms with Crippen LogP contribution in [0.2, 0.25) is 0 Å². The van der Waals surface area contributed by atoms with Crippen molar-refractivity contribution < 1.29 is 59.6 Å². The molecule has 2 heterocycles. The Hall–Kier alpha value is -2.75. The maximum atomic E-state index is 11.8. The monoisotopic (exact) mass is 616 g/mol. The Balaban J connectivity index is 0.000000301. The zero-order valence-electron chi connectivity index (χ0n) is 25.5. The number of carbonyl (C=O) groups excluding carboxylic acids is 2. The Morgan fingerprint density at radius 3 is 1.79 bits per heavy atom. The summed E-state index contributed by atoms with van der Waals surface area (Å²) in [5, 5.41) is 74.0. The van der Waals surface area contributed by atoms with Gasteiger partial charge in [0, 0.05) is 36.3 Å². The molecule has 14 nitrogen and oxygen atoms in total. The molecule has 2 aliphatic heterocycles. The van der Waals surface area contributed by atoms with E-state index in [0.29, 0.717) is 5.76 Å². The minimum absolute atomic E-state index is 0.0161. The molecule has 246 valence electrons. The second kappa shape index (κ2) is 15.3. The van der Waals surface area contributed by atoms with Crippen LogP contribution in [-0.4, -0.2) is 115 Å². The first kappa shape index (κ1) is 36.4. The molecule has 0 aromatic rings. The van der Waals surface area contributed by atoms with Gasteiger partial charge in [0.1, 0.15) is 36.6 Å². The second-order valence-electron chi connectivity index (χ2n) is 12.6. The average Bonchev–Trinajstić information content (AvgIpc) is 3.78. The van der Waals surface area contributed by atoms with Crippen LogP contribution in [0.25, 0.3) is 0 Å². The molecule has 0 bridgehead atoms. The molecular weight excluding hydrogens is 568 g/mol. The normalized spacial score (nSPS) is 30.0. The number of aliphatic hydroxyl groups excluding tert-OH is 6. The van der Waals surface area contributed by atoms with Crippen molar-refractivity contribution in [2.24, 2.45) is 23.2 Å². The van der Waals surface area contributed by atoms with Crippen molar-refractivity contribution in [2.45, 2.75) is 103 Å². The van der Waals surface area contributed by atoms with Gasteiger partial charge in [0.25, 0.3) is 0 Å². The highest BCUT2D eigenvalue weighted by molar-refractivity contribution is 5.84. The molecule has 10 atom stereocenters. The Morgan fingerprint density at radius 1 is 0.860 bits per heavy atom. The first-order valence-corrected chi connectivity index (χ1v) is 14.5. The van der Waals surface area contributed by atoms with Crippen molar-refractivity contribution in [3.05, 3.63) is 23.7 Å². The number of amides is 2. The molecule has 0 aromatic carbocycles. The molecule has 2 amide bonds.